The first-order chi connectivity index (χ1) is 13.1. The zero-order chi connectivity index (χ0) is 18.8. The van der Waals surface area contributed by atoms with E-state index in [4.69, 9.17) is 5.73 Å². The maximum absolute atomic E-state index is 12.7. The van der Waals surface area contributed by atoms with Crippen LogP contribution in [0.25, 0.3) is 10.9 Å². The molecule has 0 radical (unpaired) electrons. The molecule has 1 aromatic heterocycles. The number of H-pyrrole nitrogens is 1. The van der Waals surface area contributed by atoms with E-state index in [1.54, 1.807) is 0 Å². The van der Waals surface area contributed by atoms with Crippen LogP contribution in [-0.2, 0) is 17.6 Å². The standard InChI is InChI=1S/C22H26N4O.ClH/c1-15(26-13-5-7-18-19(23)8-4-10-21(18)26)22(27)24-12-11-16-14-25-20-9-3-2-6-17(16)20;/h2-4,6,8-10,14-15,25H,5,7,11-13,23H2,1H3,(H,24,27);1H. The number of aromatic amines is 1. The summed E-state index contributed by atoms with van der Waals surface area (Å²) in [6, 6.07) is 14.0. The van der Waals surface area contributed by atoms with Gasteiger partial charge in [0.05, 0.1) is 0 Å². The number of hydrogen-bond donors (Lipinski definition) is 3. The Hall–Kier alpha value is -2.66. The maximum Gasteiger partial charge on any atom is 0.242 e. The van der Waals surface area contributed by atoms with Gasteiger partial charge >= 0.3 is 0 Å². The molecule has 28 heavy (non-hydrogen) atoms. The molecule has 148 valence electrons. The van der Waals surface area contributed by atoms with Crippen molar-refractivity contribution >= 4 is 40.6 Å². The number of benzene rings is 2. The lowest BCUT2D eigenvalue weighted by molar-refractivity contribution is -0.122. The molecule has 1 aliphatic heterocycles. The summed E-state index contributed by atoms with van der Waals surface area (Å²) < 4.78 is 0. The predicted molar refractivity (Wildman–Crippen MR) is 118 cm³/mol. The summed E-state index contributed by atoms with van der Waals surface area (Å²) in [6.07, 6.45) is 4.84. The van der Waals surface area contributed by atoms with Gasteiger partial charge in [0.1, 0.15) is 6.04 Å². The molecule has 0 bridgehead atoms. The molecule has 6 heteroatoms. The molecule has 4 rings (SSSR count). The van der Waals surface area contributed by atoms with E-state index in [0.717, 1.165) is 42.7 Å². The minimum Gasteiger partial charge on any atom is -0.398 e. The number of nitrogens with one attached hydrogen (secondary N) is 2. The number of nitrogen functional groups attached to an aromatic ring is 1. The van der Waals surface area contributed by atoms with Crippen molar-refractivity contribution < 1.29 is 4.79 Å². The summed E-state index contributed by atoms with van der Waals surface area (Å²) in [6.45, 7) is 3.48. The van der Waals surface area contributed by atoms with Crippen molar-refractivity contribution in [3.63, 3.8) is 0 Å². The lowest BCUT2D eigenvalue weighted by Gasteiger charge is -2.36. The van der Waals surface area contributed by atoms with Crippen molar-refractivity contribution in [3.8, 4) is 0 Å². The molecule has 2 heterocycles. The van der Waals surface area contributed by atoms with Gasteiger partial charge in [-0.25, -0.2) is 0 Å². The van der Waals surface area contributed by atoms with Crippen molar-refractivity contribution in [1.82, 2.24) is 10.3 Å². The second-order valence-corrected chi connectivity index (χ2v) is 7.22. The average Bonchev–Trinajstić information content (AvgIpc) is 3.10. The Morgan fingerprint density at radius 3 is 2.93 bits per heavy atom. The number of anilines is 2. The predicted octanol–water partition coefficient (Wildman–Crippen LogP) is 3.67. The van der Waals surface area contributed by atoms with Gasteiger partial charge in [0.2, 0.25) is 5.91 Å². The number of hydrogen-bond acceptors (Lipinski definition) is 3. The highest BCUT2D eigenvalue weighted by Crippen LogP contribution is 2.32. The largest absolute Gasteiger partial charge is 0.398 e. The van der Waals surface area contributed by atoms with Crippen LogP contribution in [0.1, 0.15) is 24.5 Å². The molecular formula is C22H27ClN4O. The maximum atomic E-state index is 12.7. The first kappa shape index (κ1) is 20.1. The molecule has 0 saturated heterocycles. The molecule has 2 aromatic carbocycles. The van der Waals surface area contributed by atoms with Crippen molar-refractivity contribution in [2.24, 2.45) is 0 Å². The number of rotatable bonds is 5. The fraction of sp³-hybridized carbons (Fsp3) is 0.318. The van der Waals surface area contributed by atoms with E-state index in [1.165, 1.54) is 16.5 Å². The normalized spacial score (nSPS) is 14.2. The minimum atomic E-state index is -0.214. The molecule has 5 nitrogen and oxygen atoms in total. The summed E-state index contributed by atoms with van der Waals surface area (Å²) in [5.74, 6) is 0.0603. The Morgan fingerprint density at radius 2 is 2.07 bits per heavy atom. The molecule has 1 atom stereocenters. The summed E-state index contributed by atoms with van der Waals surface area (Å²) >= 11 is 0. The van der Waals surface area contributed by atoms with Crippen LogP contribution in [0.15, 0.2) is 48.7 Å². The molecule has 0 aliphatic carbocycles. The van der Waals surface area contributed by atoms with Gasteiger partial charge in [-0.2, -0.15) is 0 Å². The zero-order valence-electron chi connectivity index (χ0n) is 16.1. The highest BCUT2D eigenvalue weighted by atomic mass is 35.5. The number of nitrogens with zero attached hydrogens (tertiary/aromatic N) is 1. The lowest BCUT2D eigenvalue weighted by Crippen LogP contribution is -2.47. The third-order valence-electron chi connectivity index (χ3n) is 5.54. The van der Waals surface area contributed by atoms with Crippen molar-refractivity contribution in [1.29, 1.82) is 0 Å². The van der Waals surface area contributed by atoms with Gasteiger partial charge in [-0.1, -0.05) is 24.3 Å². The number of aromatic nitrogens is 1. The highest BCUT2D eigenvalue weighted by Gasteiger charge is 2.26. The van der Waals surface area contributed by atoms with Crippen LogP contribution >= 0.6 is 12.4 Å². The van der Waals surface area contributed by atoms with Gasteiger partial charge < -0.3 is 20.9 Å². The third kappa shape index (κ3) is 3.80. The van der Waals surface area contributed by atoms with E-state index in [-0.39, 0.29) is 24.4 Å². The molecule has 4 N–H and O–H groups in total. The summed E-state index contributed by atoms with van der Waals surface area (Å²) in [5.41, 5.74) is 11.6. The van der Waals surface area contributed by atoms with Gasteiger partial charge in [-0.15, -0.1) is 12.4 Å². The van der Waals surface area contributed by atoms with Gasteiger partial charge in [0.25, 0.3) is 0 Å². The van der Waals surface area contributed by atoms with Crippen LogP contribution in [0.3, 0.4) is 0 Å². The Kier molecular flexibility index (Phi) is 6.15. The lowest BCUT2D eigenvalue weighted by atomic mass is 9.98. The van der Waals surface area contributed by atoms with E-state index < -0.39 is 0 Å². The summed E-state index contributed by atoms with van der Waals surface area (Å²) in [5, 5.41) is 4.32. The van der Waals surface area contributed by atoms with Gasteiger partial charge in [-0.3, -0.25) is 4.79 Å². The second-order valence-electron chi connectivity index (χ2n) is 7.22. The minimum absolute atomic E-state index is 0. The monoisotopic (exact) mass is 398 g/mol. The first-order valence-electron chi connectivity index (χ1n) is 9.62. The van der Waals surface area contributed by atoms with E-state index in [1.807, 2.05) is 37.4 Å². The van der Waals surface area contributed by atoms with Gasteiger partial charge in [0.15, 0.2) is 0 Å². The van der Waals surface area contributed by atoms with Crippen LogP contribution < -0.4 is 16.0 Å². The molecule has 0 fully saturated rings. The number of halogens is 1. The first-order valence-corrected chi connectivity index (χ1v) is 9.62. The number of carbonyl (C=O) groups is 1. The Labute approximate surface area is 171 Å². The molecule has 1 amide bonds. The second kappa shape index (κ2) is 8.57. The van der Waals surface area contributed by atoms with E-state index >= 15 is 0 Å². The summed E-state index contributed by atoms with van der Waals surface area (Å²) in [4.78, 5) is 18.2. The molecule has 1 aliphatic rings. The fourth-order valence-electron chi connectivity index (χ4n) is 4.03. The smallest absolute Gasteiger partial charge is 0.242 e. The fourth-order valence-corrected chi connectivity index (χ4v) is 4.03. The van der Waals surface area contributed by atoms with Crippen LogP contribution in [0.5, 0.6) is 0 Å². The van der Waals surface area contributed by atoms with Gasteiger partial charge in [0, 0.05) is 41.6 Å². The van der Waals surface area contributed by atoms with Crippen LogP contribution in [-0.4, -0.2) is 30.0 Å². The van der Waals surface area contributed by atoms with E-state index in [9.17, 15) is 4.79 Å². The van der Waals surface area contributed by atoms with Crippen LogP contribution in [0.2, 0.25) is 0 Å². The summed E-state index contributed by atoms with van der Waals surface area (Å²) in [7, 11) is 0. The molecule has 3 aromatic rings. The third-order valence-corrected chi connectivity index (χ3v) is 5.54. The molecule has 1 unspecified atom stereocenters. The zero-order valence-corrected chi connectivity index (χ0v) is 16.9. The average molecular weight is 399 g/mol. The van der Waals surface area contributed by atoms with Crippen molar-refractivity contribution in [2.45, 2.75) is 32.2 Å². The molecule has 0 spiro atoms. The number of fused-ring (bicyclic) bond motifs is 2. The number of para-hydroxylation sites is 1. The number of nitrogens with two attached hydrogens (primary N) is 1. The van der Waals surface area contributed by atoms with E-state index in [0.29, 0.717) is 6.54 Å². The Morgan fingerprint density at radius 1 is 1.25 bits per heavy atom. The van der Waals surface area contributed by atoms with E-state index in [2.05, 4.69) is 33.4 Å². The molecular weight excluding hydrogens is 372 g/mol. The highest BCUT2D eigenvalue weighted by molar-refractivity contribution is 5.86. The SMILES string of the molecule is CC(C(=O)NCCc1c[nH]c2ccccc12)N1CCCc2c(N)cccc21.Cl. The quantitative estimate of drug-likeness (QED) is 0.574. The molecule has 0 saturated carbocycles. The van der Waals surface area contributed by atoms with Crippen molar-refractivity contribution in [2.75, 3.05) is 23.7 Å². The number of carbonyl (C=O) groups excluding carboxylic acids is 1. The van der Waals surface area contributed by atoms with Crippen LogP contribution in [0, 0.1) is 0 Å². The Balaban J connectivity index is 0.00000225. The van der Waals surface area contributed by atoms with Crippen LogP contribution in [0.4, 0.5) is 11.4 Å². The Bertz CT molecular complexity index is 968. The van der Waals surface area contributed by atoms with Crippen molar-refractivity contribution in [3.05, 3.63) is 59.8 Å². The van der Waals surface area contributed by atoms with Gasteiger partial charge in [-0.05, 0) is 55.5 Å². The number of amides is 1. The topological polar surface area (TPSA) is 74.2 Å².